The summed E-state index contributed by atoms with van der Waals surface area (Å²) < 4.78 is 6.94. The monoisotopic (exact) mass is 486 g/mol. The van der Waals surface area contributed by atoms with Gasteiger partial charge in [0.1, 0.15) is 17.1 Å². The zero-order chi connectivity index (χ0) is 21.3. The molecule has 156 valence electrons. The molecule has 1 aromatic heterocycles. The molecule has 0 unspecified atom stereocenters. The number of aliphatic imine (C=N–C) groups is 1. The number of hydrogen-bond acceptors (Lipinski definition) is 5. The minimum Gasteiger partial charge on any atom is -0.452 e. The third-order valence-corrected chi connectivity index (χ3v) is 5.89. The standard InChI is InChI=1S/C23H24BrClN4O/c1-4-29(18-7-5-6-17(25)13-18)11-10-28(3)14-21-26-15(2)23-22(27-21)19-12-16(24)8-9-20(19)30-23/h5-9,12-13H,2,4,10-11,14H2,1,3H3,(H,26,27). The molecular formula is C23H24BrClN4O. The minimum atomic E-state index is 0.687. The third kappa shape index (κ3) is 4.41. The van der Waals surface area contributed by atoms with Gasteiger partial charge >= 0.3 is 0 Å². The summed E-state index contributed by atoms with van der Waals surface area (Å²) in [4.78, 5) is 9.40. The van der Waals surface area contributed by atoms with Gasteiger partial charge in [-0.3, -0.25) is 4.90 Å². The maximum atomic E-state index is 6.15. The molecule has 2 aromatic carbocycles. The second-order valence-electron chi connectivity index (χ2n) is 7.38. The maximum Gasteiger partial charge on any atom is 0.176 e. The van der Waals surface area contributed by atoms with Crippen molar-refractivity contribution in [3.05, 3.63) is 64.3 Å². The largest absolute Gasteiger partial charge is 0.452 e. The second-order valence-corrected chi connectivity index (χ2v) is 8.73. The van der Waals surface area contributed by atoms with E-state index in [9.17, 15) is 0 Å². The number of hydrogen-bond donors (Lipinski definition) is 1. The average Bonchev–Trinajstić information content (AvgIpc) is 3.07. The van der Waals surface area contributed by atoms with Gasteiger partial charge in [0.15, 0.2) is 5.76 Å². The molecule has 3 aromatic rings. The van der Waals surface area contributed by atoms with E-state index in [1.807, 2.05) is 36.4 Å². The van der Waals surface area contributed by atoms with Crippen molar-refractivity contribution in [3.8, 4) is 0 Å². The van der Waals surface area contributed by atoms with E-state index in [4.69, 9.17) is 21.0 Å². The van der Waals surface area contributed by atoms with Crippen molar-refractivity contribution in [2.75, 3.05) is 38.1 Å². The summed E-state index contributed by atoms with van der Waals surface area (Å²) in [7, 11) is 2.10. The van der Waals surface area contributed by atoms with Gasteiger partial charge in [-0.05, 0) is 50.4 Å². The van der Waals surface area contributed by atoms with Crippen molar-refractivity contribution in [1.29, 1.82) is 0 Å². The molecule has 0 fully saturated rings. The highest BCUT2D eigenvalue weighted by Gasteiger charge is 2.23. The van der Waals surface area contributed by atoms with Gasteiger partial charge in [0, 0.05) is 40.2 Å². The van der Waals surface area contributed by atoms with Crippen molar-refractivity contribution in [2.45, 2.75) is 6.92 Å². The van der Waals surface area contributed by atoms with Gasteiger partial charge in [-0.1, -0.05) is 40.2 Å². The Morgan fingerprint density at radius 2 is 2.03 bits per heavy atom. The van der Waals surface area contributed by atoms with Crippen LogP contribution in [-0.4, -0.2) is 44.0 Å². The second kappa shape index (κ2) is 8.84. The Labute approximate surface area is 190 Å². The number of anilines is 1. The van der Waals surface area contributed by atoms with E-state index in [2.05, 4.69) is 57.7 Å². The van der Waals surface area contributed by atoms with Crippen LogP contribution in [0.15, 0.2) is 62.9 Å². The van der Waals surface area contributed by atoms with Crippen LogP contribution in [-0.2, 0) is 0 Å². The fourth-order valence-corrected chi connectivity index (χ4v) is 4.16. The van der Waals surface area contributed by atoms with Gasteiger partial charge in [0.25, 0.3) is 0 Å². The van der Waals surface area contributed by atoms with E-state index in [-0.39, 0.29) is 0 Å². The topological polar surface area (TPSA) is 44.0 Å². The number of nitrogens with zero attached hydrogens (tertiary/aromatic N) is 3. The number of rotatable bonds is 7. The van der Waals surface area contributed by atoms with E-state index in [0.717, 1.165) is 63.0 Å². The molecule has 0 spiro atoms. The average molecular weight is 488 g/mol. The van der Waals surface area contributed by atoms with Crippen LogP contribution in [0.5, 0.6) is 0 Å². The molecule has 1 N–H and O–H groups in total. The molecule has 7 heteroatoms. The van der Waals surface area contributed by atoms with Crippen LogP contribution in [0.1, 0.15) is 12.7 Å². The molecule has 2 heterocycles. The first-order chi connectivity index (χ1) is 14.4. The van der Waals surface area contributed by atoms with Crippen molar-refractivity contribution in [3.63, 3.8) is 0 Å². The first kappa shape index (κ1) is 21.0. The first-order valence-electron chi connectivity index (χ1n) is 9.89. The number of halogens is 2. The van der Waals surface area contributed by atoms with Crippen LogP contribution in [0.4, 0.5) is 11.4 Å². The molecule has 0 aliphatic carbocycles. The Kier molecular flexibility index (Phi) is 6.18. The van der Waals surface area contributed by atoms with Gasteiger partial charge < -0.3 is 14.6 Å². The van der Waals surface area contributed by atoms with Crippen LogP contribution in [0.3, 0.4) is 0 Å². The molecule has 0 atom stereocenters. The predicted octanol–water partition coefficient (Wildman–Crippen LogP) is 5.91. The first-order valence-corrected chi connectivity index (χ1v) is 11.1. The minimum absolute atomic E-state index is 0.687. The molecule has 0 saturated carbocycles. The highest BCUT2D eigenvalue weighted by molar-refractivity contribution is 9.10. The van der Waals surface area contributed by atoms with Crippen molar-refractivity contribution in [2.24, 2.45) is 4.99 Å². The van der Waals surface area contributed by atoms with Crippen molar-refractivity contribution < 1.29 is 4.42 Å². The SMILES string of the molecule is C=C1NC(CN(C)CCN(CC)c2cccc(Cl)c2)=Nc2c1oc1ccc(Br)cc21. The van der Waals surface area contributed by atoms with Crippen LogP contribution in [0.25, 0.3) is 16.7 Å². The van der Waals surface area contributed by atoms with E-state index in [0.29, 0.717) is 12.3 Å². The predicted molar refractivity (Wildman–Crippen MR) is 130 cm³/mol. The number of likely N-dealkylation sites (N-methyl/N-ethyl adjacent to an activating group) is 2. The smallest absolute Gasteiger partial charge is 0.176 e. The van der Waals surface area contributed by atoms with Crippen molar-refractivity contribution >= 4 is 61.4 Å². The highest BCUT2D eigenvalue weighted by atomic mass is 79.9. The molecular weight excluding hydrogens is 464 g/mol. The van der Waals surface area contributed by atoms with E-state index >= 15 is 0 Å². The summed E-state index contributed by atoms with van der Waals surface area (Å²) in [5.74, 6) is 1.57. The summed E-state index contributed by atoms with van der Waals surface area (Å²) >= 11 is 9.68. The van der Waals surface area contributed by atoms with Crippen LogP contribution in [0, 0.1) is 0 Å². The van der Waals surface area contributed by atoms with E-state index in [1.165, 1.54) is 0 Å². The summed E-state index contributed by atoms with van der Waals surface area (Å²) in [6.45, 7) is 9.67. The van der Waals surface area contributed by atoms with Crippen LogP contribution >= 0.6 is 27.5 Å². The lowest BCUT2D eigenvalue weighted by Crippen LogP contribution is -2.39. The van der Waals surface area contributed by atoms with Gasteiger partial charge in [0.2, 0.25) is 0 Å². The number of benzene rings is 2. The quantitative estimate of drug-likeness (QED) is 0.450. The fraction of sp³-hybridized carbons (Fsp3) is 0.261. The van der Waals surface area contributed by atoms with E-state index < -0.39 is 0 Å². The molecule has 0 bridgehead atoms. The summed E-state index contributed by atoms with van der Waals surface area (Å²) in [5, 5.41) is 5.04. The molecule has 0 saturated heterocycles. The molecule has 1 aliphatic rings. The Bertz CT molecular complexity index is 1120. The molecule has 30 heavy (non-hydrogen) atoms. The number of fused-ring (bicyclic) bond motifs is 3. The lowest BCUT2D eigenvalue weighted by Gasteiger charge is -2.27. The highest BCUT2D eigenvalue weighted by Crippen LogP contribution is 2.39. The third-order valence-electron chi connectivity index (χ3n) is 5.17. The molecule has 5 nitrogen and oxygen atoms in total. The zero-order valence-electron chi connectivity index (χ0n) is 17.1. The summed E-state index contributed by atoms with van der Waals surface area (Å²) in [6, 6.07) is 13.9. The molecule has 0 amide bonds. The molecule has 4 rings (SSSR count). The number of amidine groups is 1. The van der Waals surface area contributed by atoms with Crippen LogP contribution in [0.2, 0.25) is 5.02 Å². The van der Waals surface area contributed by atoms with Gasteiger partial charge in [0.05, 0.1) is 12.2 Å². The van der Waals surface area contributed by atoms with Crippen LogP contribution < -0.4 is 10.2 Å². The van der Waals surface area contributed by atoms with Gasteiger partial charge in [-0.2, -0.15) is 0 Å². The molecule has 0 radical (unpaired) electrons. The zero-order valence-corrected chi connectivity index (χ0v) is 19.4. The lowest BCUT2D eigenvalue weighted by atomic mass is 10.2. The summed E-state index contributed by atoms with van der Waals surface area (Å²) in [6.07, 6.45) is 0. The van der Waals surface area contributed by atoms with Gasteiger partial charge in [-0.15, -0.1) is 0 Å². The van der Waals surface area contributed by atoms with Gasteiger partial charge in [-0.25, -0.2) is 4.99 Å². The van der Waals surface area contributed by atoms with E-state index in [1.54, 1.807) is 0 Å². The molecule has 1 aliphatic heterocycles. The Hall–Kier alpha value is -2.28. The Morgan fingerprint density at radius 1 is 1.20 bits per heavy atom. The summed E-state index contributed by atoms with van der Waals surface area (Å²) in [5.41, 5.74) is 3.53. The normalized spacial score (nSPS) is 13.4. The maximum absolute atomic E-state index is 6.15. The fourth-order valence-electron chi connectivity index (χ4n) is 3.61. The number of nitrogens with one attached hydrogen (secondary N) is 1. The number of furan rings is 1. The lowest BCUT2D eigenvalue weighted by molar-refractivity contribution is 0.384. The van der Waals surface area contributed by atoms with Crippen molar-refractivity contribution in [1.82, 2.24) is 10.2 Å². The Morgan fingerprint density at radius 3 is 2.80 bits per heavy atom. The Balaban J connectivity index is 1.46.